The highest BCUT2D eigenvalue weighted by Crippen LogP contribution is 2.35. The summed E-state index contributed by atoms with van der Waals surface area (Å²) in [7, 11) is -3.80. The van der Waals surface area contributed by atoms with E-state index in [1.54, 1.807) is 19.1 Å². The first-order valence-corrected chi connectivity index (χ1v) is 12.3. The molecule has 164 valence electrons. The fraction of sp³-hybridized carbons (Fsp3) is 0.125. The first kappa shape index (κ1) is 21.9. The van der Waals surface area contributed by atoms with Crippen molar-refractivity contribution in [1.29, 1.82) is 0 Å². The van der Waals surface area contributed by atoms with Gasteiger partial charge in [0.15, 0.2) is 5.13 Å². The number of hydrogen-bond donors (Lipinski definition) is 3. The number of nitrogens with zero attached hydrogens (tertiary/aromatic N) is 1. The normalized spacial score (nSPS) is 11.3. The van der Waals surface area contributed by atoms with E-state index in [0.717, 1.165) is 26.8 Å². The van der Waals surface area contributed by atoms with Crippen LogP contribution < -0.4 is 10.0 Å². The Kier molecular flexibility index (Phi) is 6.16. The molecule has 0 aliphatic heterocycles. The van der Waals surface area contributed by atoms with Gasteiger partial charge >= 0.3 is 0 Å². The minimum Gasteiger partial charge on any atom is -0.508 e. The van der Waals surface area contributed by atoms with Crippen molar-refractivity contribution < 1.29 is 13.5 Å². The number of aromatic hydroxyl groups is 1. The summed E-state index contributed by atoms with van der Waals surface area (Å²) in [6, 6.07) is 21.4. The van der Waals surface area contributed by atoms with Crippen LogP contribution in [0.4, 0.5) is 10.8 Å². The summed E-state index contributed by atoms with van der Waals surface area (Å²) in [5, 5.41) is 13.5. The quantitative estimate of drug-likeness (QED) is 0.312. The van der Waals surface area contributed by atoms with Crippen LogP contribution >= 0.6 is 11.3 Å². The average Bonchev–Trinajstić information content (AvgIpc) is 3.15. The third-order valence-corrected chi connectivity index (χ3v) is 7.63. The maximum atomic E-state index is 13.0. The van der Waals surface area contributed by atoms with Crippen LogP contribution in [0.2, 0.25) is 0 Å². The van der Waals surface area contributed by atoms with E-state index in [4.69, 9.17) is 0 Å². The van der Waals surface area contributed by atoms with Gasteiger partial charge < -0.3 is 10.4 Å². The van der Waals surface area contributed by atoms with Gasteiger partial charge in [-0.05, 0) is 60.9 Å². The molecule has 0 saturated carbocycles. The van der Waals surface area contributed by atoms with E-state index in [9.17, 15) is 13.5 Å². The molecule has 3 N–H and O–H groups in total. The second-order valence-corrected chi connectivity index (χ2v) is 10.1. The zero-order valence-electron chi connectivity index (χ0n) is 17.7. The van der Waals surface area contributed by atoms with Gasteiger partial charge in [0.25, 0.3) is 10.0 Å². The number of phenolic OH excluding ortho intramolecular Hbond substituents is 1. The van der Waals surface area contributed by atoms with Crippen molar-refractivity contribution in [2.75, 3.05) is 10.0 Å². The lowest BCUT2D eigenvalue weighted by Gasteiger charge is -2.12. The molecule has 3 aromatic carbocycles. The molecule has 0 unspecified atom stereocenters. The minimum absolute atomic E-state index is 0.0727. The number of hydrogen-bond acceptors (Lipinski definition) is 6. The van der Waals surface area contributed by atoms with Gasteiger partial charge in [0.1, 0.15) is 5.75 Å². The smallest absolute Gasteiger partial charge is 0.262 e. The van der Waals surface area contributed by atoms with E-state index in [1.165, 1.54) is 35.6 Å². The molecular formula is C24H23N3O3S2. The van der Waals surface area contributed by atoms with Gasteiger partial charge in [-0.2, -0.15) is 0 Å². The third-order valence-electron chi connectivity index (χ3n) is 4.94. The van der Waals surface area contributed by atoms with Crippen LogP contribution in [-0.2, 0) is 16.6 Å². The van der Waals surface area contributed by atoms with E-state index in [0.29, 0.717) is 17.8 Å². The molecule has 0 atom stereocenters. The topological polar surface area (TPSA) is 91.3 Å². The number of thiazole rings is 1. The molecule has 0 radical (unpaired) electrons. The lowest BCUT2D eigenvalue weighted by atomic mass is 10.1. The number of benzene rings is 3. The molecule has 32 heavy (non-hydrogen) atoms. The molecule has 8 heteroatoms. The zero-order chi connectivity index (χ0) is 22.7. The predicted octanol–water partition coefficient (Wildman–Crippen LogP) is 5.55. The van der Waals surface area contributed by atoms with Crippen LogP contribution in [-0.4, -0.2) is 18.5 Å². The van der Waals surface area contributed by atoms with E-state index in [1.807, 2.05) is 43.3 Å². The van der Waals surface area contributed by atoms with Gasteiger partial charge in [-0.1, -0.05) is 53.8 Å². The molecule has 0 saturated heterocycles. The first-order chi connectivity index (χ1) is 15.3. The van der Waals surface area contributed by atoms with E-state index in [-0.39, 0.29) is 10.6 Å². The summed E-state index contributed by atoms with van der Waals surface area (Å²) in [5.41, 5.74) is 3.82. The molecule has 0 fully saturated rings. The molecule has 1 heterocycles. The molecule has 0 aliphatic rings. The Bertz CT molecular complexity index is 1330. The fourth-order valence-electron chi connectivity index (χ4n) is 3.28. The molecule has 4 rings (SSSR count). The Hall–Kier alpha value is -3.36. The van der Waals surface area contributed by atoms with E-state index < -0.39 is 10.0 Å². The molecule has 6 nitrogen and oxygen atoms in total. The largest absolute Gasteiger partial charge is 0.508 e. The lowest BCUT2D eigenvalue weighted by Crippen LogP contribution is -2.14. The Morgan fingerprint density at radius 1 is 0.969 bits per heavy atom. The number of aromatic nitrogens is 1. The van der Waals surface area contributed by atoms with Crippen molar-refractivity contribution in [3.63, 3.8) is 0 Å². The number of aryl methyl sites for hydroxylation is 2. The van der Waals surface area contributed by atoms with Crippen molar-refractivity contribution in [2.24, 2.45) is 0 Å². The second-order valence-electron chi connectivity index (χ2n) is 7.41. The number of phenols is 1. The second kappa shape index (κ2) is 9.02. The number of sulfonamides is 1. The van der Waals surface area contributed by atoms with Crippen molar-refractivity contribution in [3.8, 4) is 16.2 Å². The zero-order valence-corrected chi connectivity index (χ0v) is 19.3. The molecule has 1 aromatic heterocycles. The van der Waals surface area contributed by atoms with Gasteiger partial charge in [0.2, 0.25) is 0 Å². The van der Waals surface area contributed by atoms with Crippen molar-refractivity contribution in [2.45, 2.75) is 25.3 Å². The van der Waals surface area contributed by atoms with Gasteiger partial charge in [-0.25, -0.2) is 13.4 Å². The summed E-state index contributed by atoms with van der Waals surface area (Å²) in [5.74, 6) is 0.0727. The minimum atomic E-state index is -3.80. The Morgan fingerprint density at radius 2 is 1.69 bits per heavy atom. The van der Waals surface area contributed by atoms with E-state index >= 15 is 0 Å². The fourth-order valence-corrected chi connectivity index (χ4v) is 5.57. The third kappa shape index (κ3) is 4.92. The van der Waals surface area contributed by atoms with Gasteiger partial charge in [-0.15, -0.1) is 0 Å². The molecular weight excluding hydrogens is 442 g/mol. The van der Waals surface area contributed by atoms with Crippen LogP contribution in [0.1, 0.15) is 16.8 Å². The van der Waals surface area contributed by atoms with Crippen LogP contribution in [0.25, 0.3) is 10.4 Å². The summed E-state index contributed by atoms with van der Waals surface area (Å²) in [6.07, 6.45) is 0. The van der Waals surface area contributed by atoms with Crippen LogP contribution in [0, 0.1) is 13.8 Å². The molecule has 0 amide bonds. The summed E-state index contributed by atoms with van der Waals surface area (Å²) < 4.78 is 28.7. The Labute approximate surface area is 191 Å². The SMILES string of the molecule is Cc1ccc(-c2sc(NCc3ccccc3)nc2C)cc1S(=O)(=O)Nc1ccc(O)cc1. The summed E-state index contributed by atoms with van der Waals surface area (Å²) >= 11 is 1.50. The van der Waals surface area contributed by atoms with Crippen molar-refractivity contribution in [3.05, 3.63) is 89.6 Å². The van der Waals surface area contributed by atoms with E-state index in [2.05, 4.69) is 15.0 Å². The molecule has 0 spiro atoms. The molecule has 4 aromatic rings. The highest BCUT2D eigenvalue weighted by molar-refractivity contribution is 7.92. The predicted molar refractivity (Wildman–Crippen MR) is 130 cm³/mol. The Balaban J connectivity index is 1.59. The summed E-state index contributed by atoms with van der Waals surface area (Å²) in [6.45, 7) is 4.35. The van der Waals surface area contributed by atoms with Crippen LogP contribution in [0.5, 0.6) is 5.75 Å². The van der Waals surface area contributed by atoms with Crippen LogP contribution in [0.3, 0.4) is 0 Å². The average molecular weight is 466 g/mol. The lowest BCUT2D eigenvalue weighted by molar-refractivity contribution is 0.475. The first-order valence-electron chi connectivity index (χ1n) is 10.00. The van der Waals surface area contributed by atoms with Gasteiger partial charge in [0.05, 0.1) is 15.5 Å². The monoisotopic (exact) mass is 465 g/mol. The van der Waals surface area contributed by atoms with Gasteiger partial charge in [0, 0.05) is 12.2 Å². The van der Waals surface area contributed by atoms with Gasteiger partial charge in [-0.3, -0.25) is 4.72 Å². The maximum Gasteiger partial charge on any atom is 0.262 e. The Morgan fingerprint density at radius 3 is 2.41 bits per heavy atom. The van der Waals surface area contributed by atoms with Crippen molar-refractivity contribution in [1.82, 2.24) is 4.98 Å². The highest BCUT2D eigenvalue weighted by Gasteiger charge is 2.19. The standard InChI is InChI=1S/C24H23N3O3S2/c1-16-8-9-19(14-22(16)32(29,30)27-20-10-12-21(28)13-11-20)23-17(2)26-24(31-23)25-15-18-6-4-3-5-7-18/h3-14,27-28H,15H2,1-2H3,(H,25,26). The number of anilines is 2. The summed E-state index contributed by atoms with van der Waals surface area (Å²) in [4.78, 5) is 5.73. The van der Waals surface area contributed by atoms with Crippen LogP contribution in [0.15, 0.2) is 77.7 Å². The number of nitrogens with one attached hydrogen (secondary N) is 2. The maximum absolute atomic E-state index is 13.0. The highest BCUT2D eigenvalue weighted by atomic mass is 32.2. The number of rotatable bonds is 7. The van der Waals surface area contributed by atoms with Crippen molar-refractivity contribution >= 4 is 32.2 Å². The molecule has 0 bridgehead atoms. The molecule has 0 aliphatic carbocycles.